The Bertz CT molecular complexity index is 1140. The molecule has 0 unspecified atom stereocenters. The largest absolute Gasteiger partial charge is 0.353 e. The minimum Gasteiger partial charge on any atom is -0.217 e. The van der Waals surface area contributed by atoms with Crippen molar-refractivity contribution < 1.29 is 17.2 Å². The zero-order chi connectivity index (χ0) is 23.4. The Hall–Kier alpha value is -1.83. The van der Waals surface area contributed by atoms with Crippen molar-refractivity contribution in [2.45, 2.75) is 36.3 Å². The summed E-state index contributed by atoms with van der Waals surface area (Å²) in [6.07, 6.45) is 0.0555. The average molecular weight is 584 g/mol. The van der Waals surface area contributed by atoms with Crippen molar-refractivity contribution in [1.29, 1.82) is 0 Å². The highest BCUT2D eigenvalue weighted by atomic mass is 79.9. The molecule has 3 rings (SSSR count). The van der Waals surface area contributed by atoms with Crippen LogP contribution in [0.15, 0.2) is 104 Å². The van der Waals surface area contributed by atoms with Gasteiger partial charge in [-0.15, -0.1) is 0 Å². The highest BCUT2D eigenvalue weighted by molar-refractivity contribution is 9.10. The molecule has 0 fully saturated rings. The van der Waals surface area contributed by atoms with Crippen molar-refractivity contribution in [3.8, 4) is 0 Å². The van der Waals surface area contributed by atoms with Crippen LogP contribution in [0.2, 0.25) is 0 Å². The highest BCUT2D eigenvalue weighted by Gasteiger charge is 2.46. The van der Waals surface area contributed by atoms with Crippen LogP contribution in [-0.2, 0) is 22.7 Å². The lowest BCUT2D eigenvalue weighted by Gasteiger charge is -2.20. The Kier molecular flexibility index (Phi) is 8.06. The maximum atomic E-state index is 15.0. The molecule has 0 saturated carbocycles. The van der Waals surface area contributed by atoms with Gasteiger partial charge in [-0.2, -0.15) is 8.78 Å². The highest BCUT2D eigenvalue weighted by Crippen LogP contribution is 2.36. The molecule has 2 nitrogen and oxygen atoms in total. The minimum absolute atomic E-state index is 0.375. The molecule has 0 aliphatic rings. The van der Waals surface area contributed by atoms with Gasteiger partial charge in [-0.05, 0) is 67.3 Å². The molecule has 32 heavy (non-hydrogen) atoms. The number of sulfone groups is 1. The van der Waals surface area contributed by atoms with E-state index in [0.717, 1.165) is 25.6 Å². The van der Waals surface area contributed by atoms with Gasteiger partial charge in [0.1, 0.15) is 0 Å². The lowest BCUT2D eigenvalue weighted by atomic mass is 9.93. The van der Waals surface area contributed by atoms with Gasteiger partial charge in [-0.25, -0.2) is 8.42 Å². The second kappa shape index (κ2) is 10.4. The summed E-state index contributed by atoms with van der Waals surface area (Å²) < 4.78 is 57.2. The van der Waals surface area contributed by atoms with E-state index < -0.39 is 21.5 Å². The smallest absolute Gasteiger partial charge is 0.217 e. The summed E-state index contributed by atoms with van der Waals surface area (Å²) in [6.45, 7) is 1.60. The zero-order valence-electron chi connectivity index (χ0n) is 17.4. The van der Waals surface area contributed by atoms with E-state index in [9.17, 15) is 8.42 Å². The van der Waals surface area contributed by atoms with Crippen molar-refractivity contribution in [2.75, 3.05) is 0 Å². The molecule has 7 heteroatoms. The van der Waals surface area contributed by atoms with Gasteiger partial charge >= 0.3 is 5.25 Å². The van der Waals surface area contributed by atoms with E-state index in [4.69, 9.17) is 0 Å². The molecular formula is C25H22Br2F2O2S. The van der Waals surface area contributed by atoms with E-state index in [1.54, 1.807) is 13.0 Å². The summed E-state index contributed by atoms with van der Waals surface area (Å²) in [5.74, 6) is 0. The lowest BCUT2D eigenvalue weighted by molar-refractivity contribution is 0.0921. The quantitative estimate of drug-likeness (QED) is 0.254. The third-order valence-corrected chi connectivity index (χ3v) is 8.06. The average Bonchev–Trinajstić information content (AvgIpc) is 2.76. The first-order valence-corrected chi connectivity index (χ1v) is 13.0. The fourth-order valence-electron chi connectivity index (χ4n) is 3.36. The van der Waals surface area contributed by atoms with Crippen molar-refractivity contribution in [3.05, 3.63) is 110 Å². The van der Waals surface area contributed by atoms with E-state index in [1.807, 2.05) is 48.5 Å². The first-order valence-electron chi connectivity index (χ1n) is 9.92. The molecule has 0 aromatic heterocycles. The second-order valence-electron chi connectivity index (χ2n) is 7.62. The Labute approximate surface area is 204 Å². The molecule has 0 amide bonds. The Balaban J connectivity index is 1.95. The van der Waals surface area contributed by atoms with Gasteiger partial charge in [0.05, 0.1) is 4.90 Å². The fraction of sp³-hybridized carbons (Fsp3) is 0.200. The number of hydrogen-bond donors (Lipinski definition) is 0. The van der Waals surface area contributed by atoms with Crippen LogP contribution in [-0.4, -0.2) is 13.7 Å². The third-order valence-electron chi connectivity index (χ3n) is 5.18. The summed E-state index contributed by atoms with van der Waals surface area (Å²) in [5.41, 5.74) is 3.08. The maximum Gasteiger partial charge on any atom is 0.353 e. The number of halogens is 4. The molecule has 0 bridgehead atoms. The van der Waals surface area contributed by atoms with Crippen LogP contribution in [0.3, 0.4) is 0 Å². The number of benzene rings is 3. The van der Waals surface area contributed by atoms with Gasteiger partial charge in [0.15, 0.2) is 0 Å². The summed E-state index contributed by atoms with van der Waals surface area (Å²) in [6, 6.07) is 22.2. The Morgan fingerprint density at radius 1 is 0.781 bits per heavy atom. The van der Waals surface area contributed by atoms with Crippen LogP contribution >= 0.6 is 31.9 Å². The standard InChI is InChI=1S/C25H22Br2F2O2S/c1-18(17-25(28,29)32(30,31)24-5-3-2-4-6-24)21(15-19-7-11-22(26)12-8-19)16-20-9-13-23(27)14-10-20/h2-14H,15-17H2,1H3. The van der Waals surface area contributed by atoms with Gasteiger partial charge in [-0.3, -0.25) is 0 Å². The molecule has 0 aliphatic heterocycles. The summed E-state index contributed by atoms with van der Waals surface area (Å²) in [4.78, 5) is -0.375. The topological polar surface area (TPSA) is 34.1 Å². The lowest BCUT2D eigenvalue weighted by Crippen LogP contribution is -2.29. The van der Waals surface area contributed by atoms with Crippen LogP contribution < -0.4 is 0 Å². The van der Waals surface area contributed by atoms with Crippen LogP contribution in [0.4, 0.5) is 8.78 Å². The first kappa shape index (κ1) is 24.8. The van der Waals surface area contributed by atoms with E-state index in [0.29, 0.717) is 18.4 Å². The number of alkyl halides is 2. The van der Waals surface area contributed by atoms with Crippen molar-refractivity contribution in [2.24, 2.45) is 0 Å². The van der Waals surface area contributed by atoms with Crippen molar-refractivity contribution in [1.82, 2.24) is 0 Å². The summed E-state index contributed by atoms with van der Waals surface area (Å²) in [7, 11) is -4.80. The van der Waals surface area contributed by atoms with Crippen LogP contribution in [0.1, 0.15) is 24.5 Å². The molecule has 0 heterocycles. The predicted molar refractivity (Wildman–Crippen MR) is 132 cm³/mol. The number of rotatable bonds is 8. The van der Waals surface area contributed by atoms with Gasteiger partial charge in [0.25, 0.3) is 0 Å². The minimum atomic E-state index is -4.80. The van der Waals surface area contributed by atoms with Crippen LogP contribution in [0.5, 0.6) is 0 Å². The Morgan fingerprint density at radius 3 is 1.66 bits per heavy atom. The van der Waals surface area contributed by atoms with Crippen LogP contribution in [0, 0.1) is 0 Å². The summed E-state index contributed by atoms with van der Waals surface area (Å²) in [5, 5.41) is -3.91. The molecule has 0 N–H and O–H groups in total. The van der Waals surface area contributed by atoms with Gasteiger partial charge in [0, 0.05) is 15.4 Å². The molecule has 0 atom stereocenters. The molecular weight excluding hydrogens is 562 g/mol. The predicted octanol–water partition coefficient (Wildman–Crippen LogP) is 7.77. The van der Waals surface area contributed by atoms with E-state index >= 15 is 8.78 Å². The molecule has 0 saturated heterocycles. The second-order valence-corrected chi connectivity index (χ2v) is 11.5. The van der Waals surface area contributed by atoms with Crippen LogP contribution in [0.25, 0.3) is 0 Å². The fourth-order valence-corrected chi connectivity index (χ4v) is 5.16. The molecule has 0 aliphatic carbocycles. The third kappa shape index (κ3) is 6.15. The molecule has 3 aromatic rings. The van der Waals surface area contributed by atoms with E-state index in [2.05, 4.69) is 31.9 Å². The SMILES string of the molecule is CC(CC(F)(F)S(=O)(=O)c1ccccc1)=C(Cc1ccc(Br)cc1)Cc1ccc(Br)cc1. The monoisotopic (exact) mass is 582 g/mol. The summed E-state index contributed by atoms with van der Waals surface area (Å²) >= 11 is 6.81. The van der Waals surface area contributed by atoms with Crippen molar-refractivity contribution in [3.63, 3.8) is 0 Å². The Morgan fingerprint density at radius 2 is 1.22 bits per heavy atom. The van der Waals surface area contributed by atoms with E-state index in [-0.39, 0.29) is 4.90 Å². The number of hydrogen-bond acceptors (Lipinski definition) is 2. The van der Waals surface area contributed by atoms with E-state index in [1.165, 1.54) is 24.3 Å². The molecule has 0 spiro atoms. The number of allylic oxidation sites excluding steroid dienone is 2. The maximum absolute atomic E-state index is 15.0. The van der Waals surface area contributed by atoms with Gasteiger partial charge in [0.2, 0.25) is 9.84 Å². The zero-order valence-corrected chi connectivity index (χ0v) is 21.4. The molecule has 3 aromatic carbocycles. The molecule has 0 radical (unpaired) electrons. The van der Waals surface area contributed by atoms with Gasteiger partial charge < -0.3 is 0 Å². The first-order chi connectivity index (χ1) is 15.1. The molecule has 168 valence electrons. The normalized spacial score (nSPS) is 11.9. The van der Waals surface area contributed by atoms with Gasteiger partial charge in [-0.1, -0.05) is 85.5 Å². The van der Waals surface area contributed by atoms with Crippen molar-refractivity contribution >= 4 is 41.7 Å².